The van der Waals surface area contributed by atoms with Crippen LogP contribution >= 0.6 is 0 Å². The molecule has 0 N–H and O–H groups in total. The van der Waals surface area contributed by atoms with Crippen molar-refractivity contribution in [3.63, 3.8) is 0 Å². The standard InChI is InChI=1S/C11H21N/c1-3-11(2)6-8-12-7-4-5-10(12)9-11/h10H,3-9H2,1-2H3. The van der Waals surface area contributed by atoms with Crippen LogP contribution in [0.5, 0.6) is 0 Å². The first kappa shape index (κ1) is 8.55. The molecule has 2 fully saturated rings. The van der Waals surface area contributed by atoms with E-state index in [9.17, 15) is 0 Å². The summed E-state index contributed by atoms with van der Waals surface area (Å²) < 4.78 is 0. The van der Waals surface area contributed by atoms with Crippen molar-refractivity contribution in [2.24, 2.45) is 5.41 Å². The van der Waals surface area contributed by atoms with Crippen LogP contribution in [0, 0.1) is 5.41 Å². The number of piperidine rings is 1. The zero-order chi connectivity index (χ0) is 8.60. The summed E-state index contributed by atoms with van der Waals surface area (Å²) in [6, 6.07) is 0.948. The maximum atomic E-state index is 2.71. The molecule has 0 amide bonds. The summed E-state index contributed by atoms with van der Waals surface area (Å²) in [7, 11) is 0. The van der Waals surface area contributed by atoms with Gasteiger partial charge in [-0.2, -0.15) is 0 Å². The summed E-state index contributed by atoms with van der Waals surface area (Å²) in [6.45, 7) is 7.58. The monoisotopic (exact) mass is 167 g/mol. The summed E-state index contributed by atoms with van der Waals surface area (Å²) >= 11 is 0. The van der Waals surface area contributed by atoms with Gasteiger partial charge >= 0.3 is 0 Å². The van der Waals surface area contributed by atoms with Gasteiger partial charge in [0.15, 0.2) is 0 Å². The number of hydrogen-bond acceptors (Lipinski definition) is 1. The Morgan fingerprint density at radius 3 is 3.00 bits per heavy atom. The topological polar surface area (TPSA) is 3.24 Å². The van der Waals surface area contributed by atoms with Crippen LogP contribution in [-0.2, 0) is 0 Å². The summed E-state index contributed by atoms with van der Waals surface area (Å²) in [6.07, 6.45) is 7.18. The van der Waals surface area contributed by atoms with E-state index >= 15 is 0 Å². The zero-order valence-electron chi connectivity index (χ0n) is 8.47. The van der Waals surface area contributed by atoms with Crippen LogP contribution in [0.3, 0.4) is 0 Å². The fourth-order valence-corrected chi connectivity index (χ4v) is 2.83. The second-order valence-corrected chi connectivity index (χ2v) is 4.95. The average Bonchev–Trinajstić information content (AvgIpc) is 2.51. The van der Waals surface area contributed by atoms with E-state index in [-0.39, 0.29) is 0 Å². The van der Waals surface area contributed by atoms with Crippen molar-refractivity contribution in [1.82, 2.24) is 4.90 Å². The van der Waals surface area contributed by atoms with Crippen molar-refractivity contribution in [3.05, 3.63) is 0 Å². The minimum Gasteiger partial charge on any atom is -0.300 e. The van der Waals surface area contributed by atoms with E-state index < -0.39 is 0 Å². The molecule has 2 aliphatic heterocycles. The molecule has 0 aromatic heterocycles. The van der Waals surface area contributed by atoms with Gasteiger partial charge in [0, 0.05) is 6.04 Å². The third-order valence-electron chi connectivity index (χ3n) is 4.08. The van der Waals surface area contributed by atoms with Gasteiger partial charge in [-0.3, -0.25) is 0 Å². The smallest absolute Gasteiger partial charge is 0.0101 e. The van der Waals surface area contributed by atoms with E-state index in [2.05, 4.69) is 18.7 Å². The molecule has 0 bridgehead atoms. The van der Waals surface area contributed by atoms with Gasteiger partial charge in [-0.15, -0.1) is 0 Å². The number of fused-ring (bicyclic) bond motifs is 1. The van der Waals surface area contributed by atoms with Crippen LogP contribution in [0.2, 0.25) is 0 Å². The Kier molecular flexibility index (Phi) is 2.16. The molecule has 0 aromatic carbocycles. The lowest BCUT2D eigenvalue weighted by atomic mass is 9.75. The molecule has 1 nitrogen and oxygen atoms in total. The SMILES string of the molecule is CCC1(C)CCN2CCCC2C1. The minimum absolute atomic E-state index is 0.672. The van der Waals surface area contributed by atoms with Gasteiger partial charge < -0.3 is 4.90 Å². The number of rotatable bonds is 1. The van der Waals surface area contributed by atoms with Crippen LogP contribution in [0.1, 0.15) is 46.0 Å². The molecule has 0 radical (unpaired) electrons. The zero-order valence-corrected chi connectivity index (χ0v) is 8.47. The van der Waals surface area contributed by atoms with Crippen molar-refractivity contribution in [1.29, 1.82) is 0 Å². The Bertz CT molecular complexity index is 166. The molecular formula is C11H21N. The lowest BCUT2D eigenvalue weighted by Crippen LogP contribution is -2.42. The molecule has 0 spiro atoms. The van der Waals surface area contributed by atoms with Gasteiger partial charge in [-0.1, -0.05) is 20.3 Å². The maximum Gasteiger partial charge on any atom is 0.0101 e. The summed E-state index contributed by atoms with van der Waals surface area (Å²) in [5.74, 6) is 0. The predicted molar refractivity (Wildman–Crippen MR) is 52.2 cm³/mol. The van der Waals surface area contributed by atoms with E-state index in [0.717, 1.165) is 6.04 Å². The van der Waals surface area contributed by atoms with Crippen LogP contribution < -0.4 is 0 Å². The molecule has 0 aliphatic carbocycles. The normalized spacial score (nSPS) is 43.0. The third kappa shape index (κ3) is 1.39. The molecule has 0 aromatic rings. The molecule has 2 saturated heterocycles. The summed E-state index contributed by atoms with van der Waals surface area (Å²) in [5, 5.41) is 0. The van der Waals surface area contributed by atoms with Crippen LogP contribution in [0.25, 0.3) is 0 Å². The highest BCUT2D eigenvalue weighted by Gasteiger charge is 2.36. The summed E-state index contributed by atoms with van der Waals surface area (Å²) in [4.78, 5) is 2.71. The minimum atomic E-state index is 0.672. The lowest BCUT2D eigenvalue weighted by Gasteiger charge is -2.41. The molecule has 2 atom stereocenters. The summed E-state index contributed by atoms with van der Waals surface area (Å²) in [5.41, 5.74) is 0.672. The molecule has 0 saturated carbocycles. The van der Waals surface area contributed by atoms with E-state index in [1.54, 1.807) is 0 Å². The van der Waals surface area contributed by atoms with Crippen LogP contribution in [0.4, 0.5) is 0 Å². The molecule has 70 valence electrons. The first-order valence-electron chi connectivity index (χ1n) is 5.47. The number of nitrogens with zero attached hydrogens (tertiary/aromatic N) is 1. The van der Waals surface area contributed by atoms with E-state index in [1.165, 1.54) is 45.2 Å². The Hall–Kier alpha value is -0.0400. The van der Waals surface area contributed by atoms with Crippen LogP contribution in [-0.4, -0.2) is 24.0 Å². The first-order chi connectivity index (χ1) is 5.73. The Labute approximate surface area is 76.1 Å². The van der Waals surface area contributed by atoms with Gasteiger partial charge in [0.05, 0.1) is 0 Å². The van der Waals surface area contributed by atoms with Gasteiger partial charge in [0.1, 0.15) is 0 Å². The Morgan fingerprint density at radius 1 is 1.42 bits per heavy atom. The van der Waals surface area contributed by atoms with E-state index in [0.29, 0.717) is 5.41 Å². The molecule has 12 heavy (non-hydrogen) atoms. The fraction of sp³-hybridized carbons (Fsp3) is 1.00. The van der Waals surface area contributed by atoms with Gasteiger partial charge in [-0.25, -0.2) is 0 Å². The highest BCUT2D eigenvalue weighted by Crippen LogP contribution is 2.40. The van der Waals surface area contributed by atoms with Crippen molar-refractivity contribution in [2.75, 3.05) is 13.1 Å². The lowest BCUT2D eigenvalue weighted by molar-refractivity contribution is 0.0861. The Morgan fingerprint density at radius 2 is 2.25 bits per heavy atom. The fourth-order valence-electron chi connectivity index (χ4n) is 2.83. The Balaban J connectivity index is 2.00. The van der Waals surface area contributed by atoms with Gasteiger partial charge in [0.25, 0.3) is 0 Å². The highest BCUT2D eigenvalue weighted by molar-refractivity contribution is 4.91. The first-order valence-corrected chi connectivity index (χ1v) is 5.47. The second-order valence-electron chi connectivity index (χ2n) is 4.95. The number of hydrogen-bond donors (Lipinski definition) is 0. The average molecular weight is 167 g/mol. The third-order valence-corrected chi connectivity index (χ3v) is 4.08. The molecular weight excluding hydrogens is 146 g/mol. The van der Waals surface area contributed by atoms with Crippen molar-refractivity contribution in [2.45, 2.75) is 52.0 Å². The quantitative estimate of drug-likeness (QED) is 0.580. The molecule has 2 unspecified atom stereocenters. The predicted octanol–water partition coefficient (Wildman–Crippen LogP) is 2.66. The largest absolute Gasteiger partial charge is 0.300 e. The van der Waals surface area contributed by atoms with Crippen molar-refractivity contribution < 1.29 is 0 Å². The van der Waals surface area contributed by atoms with Crippen molar-refractivity contribution in [3.8, 4) is 0 Å². The van der Waals surface area contributed by atoms with Crippen LogP contribution in [0.15, 0.2) is 0 Å². The second kappa shape index (κ2) is 3.02. The van der Waals surface area contributed by atoms with E-state index in [4.69, 9.17) is 0 Å². The highest BCUT2D eigenvalue weighted by atomic mass is 15.2. The van der Waals surface area contributed by atoms with Crippen molar-refractivity contribution >= 4 is 0 Å². The molecule has 2 rings (SSSR count). The van der Waals surface area contributed by atoms with E-state index in [1.807, 2.05) is 0 Å². The molecule has 2 heterocycles. The molecule has 1 heteroatoms. The van der Waals surface area contributed by atoms with Gasteiger partial charge in [0.2, 0.25) is 0 Å². The molecule has 2 aliphatic rings. The van der Waals surface area contributed by atoms with Gasteiger partial charge in [-0.05, 0) is 44.2 Å². The maximum absolute atomic E-state index is 2.71.